The second-order valence-electron chi connectivity index (χ2n) is 6.72. The molecule has 1 heterocycles. The summed E-state index contributed by atoms with van der Waals surface area (Å²) in [5.41, 5.74) is 3.87. The van der Waals surface area contributed by atoms with E-state index in [9.17, 15) is 9.59 Å². The SMILES string of the molecule is C=C(CCNC(=O)c1cc(CCO)ccn1)NC(=O)COc1ccc(C)c(C)c1. The van der Waals surface area contributed by atoms with Gasteiger partial charge in [-0.05, 0) is 61.2 Å². The van der Waals surface area contributed by atoms with Crippen molar-refractivity contribution in [2.24, 2.45) is 0 Å². The third-order valence-electron chi connectivity index (χ3n) is 4.33. The number of rotatable bonds is 10. The molecular formula is C22H27N3O4. The Labute approximate surface area is 170 Å². The van der Waals surface area contributed by atoms with Gasteiger partial charge in [0, 0.05) is 31.5 Å². The molecule has 7 nitrogen and oxygen atoms in total. The van der Waals surface area contributed by atoms with Crippen molar-refractivity contribution in [1.82, 2.24) is 15.6 Å². The molecule has 0 saturated carbocycles. The lowest BCUT2D eigenvalue weighted by molar-refractivity contribution is -0.122. The van der Waals surface area contributed by atoms with Crippen LogP contribution in [0.1, 0.15) is 33.6 Å². The van der Waals surface area contributed by atoms with Crippen molar-refractivity contribution in [1.29, 1.82) is 0 Å². The third-order valence-corrected chi connectivity index (χ3v) is 4.33. The van der Waals surface area contributed by atoms with Crippen molar-refractivity contribution in [3.05, 3.63) is 71.2 Å². The van der Waals surface area contributed by atoms with Crippen LogP contribution in [0, 0.1) is 13.8 Å². The average Bonchev–Trinajstić information content (AvgIpc) is 2.69. The van der Waals surface area contributed by atoms with Crippen LogP contribution < -0.4 is 15.4 Å². The van der Waals surface area contributed by atoms with Crippen LogP contribution >= 0.6 is 0 Å². The molecule has 3 N–H and O–H groups in total. The van der Waals surface area contributed by atoms with Gasteiger partial charge in [-0.1, -0.05) is 12.6 Å². The molecule has 0 atom stereocenters. The molecule has 0 aliphatic rings. The molecule has 0 aliphatic heterocycles. The van der Waals surface area contributed by atoms with E-state index in [0.29, 0.717) is 30.8 Å². The molecule has 0 bridgehead atoms. The predicted octanol–water partition coefficient (Wildman–Crippen LogP) is 2.06. The second-order valence-corrected chi connectivity index (χ2v) is 6.72. The van der Waals surface area contributed by atoms with E-state index >= 15 is 0 Å². The summed E-state index contributed by atoms with van der Waals surface area (Å²) in [6.07, 6.45) is 2.39. The number of carbonyl (C=O) groups is 2. The zero-order valence-corrected chi connectivity index (χ0v) is 16.8. The van der Waals surface area contributed by atoms with E-state index in [1.165, 1.54) is 6.20 Å². The summed E-state index contributed by atoms with van der Waals surface area (Å²) in [5.74, 6) is 0.0111. The molecule has 154 valence electrons. The Morgan fingerprint density at radius 2 is 1.97 bits per heavy atom. The van der Waals surface area contributed by atoms with Crippen molar-refractivity contribution in [2.75, 3.05) is 19.8 Å². The summed E-state index contributed by atoms with van der Waals surface area (Å²) in [6.45, 7) is 8.00. The normalized spacial score (nSPS) is 10.3. The number of aryl methyl sites for hydroxylation is 2. The average molecular weight is 397 g/mol. The first-order valence-corrected chi connectivity index (χ1v) is 9.40. The molecule has 0 fully saturated rings. The lowest BCUT2D eigenvalue weighted by Crippen LogP contribution is -2.31. The van der Waals surface area contributed by atoms with E-state index < -0.39 is 0 Å². The summed E-state index contributed by atoms with van der Waals surface area (Å²) in [5, 5.41) is 14.4. The first kappa shape index (κ1) is 22.1. The van der Waals surface area contributed by atoms with Crippen molar-refractivity contribution < 1.29 is 19.4 Å². The summed E-state index contributed by atoms with van der Waals surface area (Å²) < 4.78 is 5.49. The summed E-state index contributed by atoms with van der Waals surface area (Å²) in [6, 6.07) is 9.05. The quantitative estimate of drug-likeness (QED) is 0.570. The van der Waals surface area contributed by atoms with Gasteiger partial charge in [0.15, 0.2) is 6.61 Å². The van der Waals surface area contributed by atoms with Crippen LogP contribution in [0.15, 0.2) is 48.8 Å². The fourth-order valence-electron chi connectivity index (χ4n) is 2.55. The van der Waals surface area contributed by atoms with Crippen LogP contribution in [-0.2, 0) is 11.2 Å². The Morgan fingerprint density at radius 1 is 1.17 bits per heavy atom. The number of nitrogens with zero attached hydrogens (tertiary/aromatic N) is 1. The van der Waals surface area contributed by atoms with Gasteiger partial charge in [-0.2, -0.15) is 0 Å². The number of aromatic nitrogens is 1. The van der Waals surface area contributed by atoms with E-state index in [1.54, 1.807) is 12.1 Å². The van der Waals surface area contributed by atoms with E-state index in [2.05, 4.69) is 22.2 Å². The summed E-state index contributed by atoms with van der Waals surface area (Å²) in [4.78, 5) is 28.2. The van der Waals surface area contributed by atoms with Crippen LogP contribution in [0.2, 0.25) is 0 Å². The number of carbonyl (C=O) groups excluding carboxylic acids is 2. The Bertz CT molecular complexity index is 880. The summed E-state index contributed by atoms with van der Waals surface area (Å²) >= 11 is 0. The standard InChI is InChI=1S/C22H27N3O4/c1-15-4-5-19(12-16(15)2)29-14-21(27)25-17(3)6-9-24-22(28)20-13-18(8-11-26)7-10-23-20/h4-5,7,10,12-13,26H,3,6,8-9,11,14H2,1-2H3,(H,24,28)(H,25,27). The maximum absolute atomic E-state index is 12.1. The molecule has 0 spiro atoms. The van der Waals surface area contributed by atoms with Crippen LogP contribution in [0.5, 0.6) is 5.75 Å². The van der Waals surface area contributed by atoms with Gasteiger partial charge in [0.25, 0.3) is 11.8 Å². The number of amides is 2. The van der Waals surface area contributed by atoms with Crippen LogP contribution in [0.25, 0.3) is 0 Å². The fraction of sp³-hybridized carbons (Fsp3) is 0.318. The lowest BCUT2D eigenvalue weighted by atomic mass is 10.1. The number of aliphatic hydroxyl groups excluding tert-OH is 1. The first-order valence-electron chi connectivity index (χ1n) is 9.40. The monoisotopic (exact) mass is 397 g/mol. The number of hydrogen-bond donors (Lipinski definition) is 3. The van der Waals surface area contributed by atoms with Gasteiger partial charge in [0.1, 0.15) is 11.4 Å². The number of pyridine rings is 1. The molecule has 0 radical (unpaired) electrons. The lowest BCUT2D eigenvalue weighted by Gasteiger charge is -2.11. The Kier molecular flexibility index (Phi) is 8.36. The van der Waals surface area contributed by atoms with Gasteiger partial charge >= 0.3 is 0 Å². The minimum atomic E-state index is -0.318. The van der Waals surface area contributed by atoms with Gasteiger partial charge in [0.2, 0.25) is 0 Å². The van der Waals surface area contributed by atoms with Gasteiger partial charge in [-0.15, -0.1) is 0 Å². The Balaban J connectivity index is 1.70. The van der Waals surface area contributed by atoms with Crippen LogP contribution in [-0.4, -0.2) is 41.7 Å². The highest BCUT2D eigenvalue weighted by molar-refractivity contribution is 5.92. The molecule has 0 saturated heterocycles. The minimum Gasteiger partial charge on any atom is -0.484 e. The fourth-order valence-corrected chi connectivity index (χ4v) is 2.55. The van der Waals surface area contributed by atoms with Crippen LogP contribution in [0.3, 0.4) is 0 Å². The molecule has 1 aromatic carbocycles. The maximum atomic E-state index is 12.1. The number of aliphatic hydroxyl groups is 1. The van der Waals surface area contributed by atoms with Gasteiger partial charge in [0.05, 0.1) is 0 Å². The van der Waals surface area contributed by atoms with Crippen molar-refractivity contribution in [3.63, 3.8) is 0 Å². The first-order chi connectivity index (χ1) is 13.9. The molecule has 2 aromatic rings. The zero-order chi connectivity index (χ0) is 21.2. The van der Waals surface area contributed by atoms with Crippen molar-refractivity contribution in [3.8, 4) is 5.75 Å². The molecule has 7 heteroatoms. The van der Waals surface area contributed by atoms with E-state index in [1.807, 2.05) is 32.0 Å². The molecule has 2 amide bonds. The molecule has 0 aliphatic carbocycles. The second kappa shape index (κ2) is 11.0. The number of ether oxygens (including phenoxy) is 1. The minimum absolute atomic E-state index is 0.0117. The van der Waals surface area contributed by atoms with Gasteiger partial charge < -0.3 is 20.5 Å². The van der Waals surface area contributed by atoms with E-state index in [4.69, 9.17) is 9.84 Å². The predicted molar refractivity (Wildman–Crippen MR) is 111 cm³/mol. The number of hydrogen-bond acceptors (Lipinski definition) is 5. The van der Waals surface area contributed by atoms with E-state index in [0.717, 1.165) is 16.7 Å². The summed E-state index contributed by atoms with van der Waals surface area (Å²) in [7, 11) is 0. The van der Waals surface area contributed by atoms with Gasteiger partial charge in [-0.3, -0.25) is 14.6 Å². The van der Waals surface area contributed by atoms with Crippen molar-refractivity contribution in [2.45, 2.75) is 26.7 Å². The van der Waals surface area contributed by atoms with Crippen molar-refractivity contribution >= 4 is 11.8 Å². The Hall–Kier alpha value is -3.19. The highest BCUT2D eigenvalue weighted by Gasteiger charge is 2.09. The third kappa shape index (κ3) is 7.38. The highest BCUT2D eigenvalue weighted by atomic mass is 16.5. The molecule has 1 aromatic heterocycles. The highest BCUT2D eigenvalue weighted by Crippen LogP contribution is 2.16. The smallest absolute Gasteiger partial charge is 0.269 e. The topological polar surface area (TPSA) is 101 Å². The Morgan fingerprint density at radius 3 is 2.69 bits per heavy atom. The molecule has 29 heavy (non-hydrogen) atoms. The number of benzene rings is 1. The molecule has 0 unspecified atom stereocenters. The van der Waals surface area contributed by atoms with E-state index in [-0.39, 0.29) is 30.7 Å². The maximum Gasteiger partial charge on any atom is 0.269 e. The number of nitrogens with one attached hydrogen (secondary N) is 2. The van der Waals surface area contributed by atoms with Gasteiger partial charge in [-0.25, -0.2) is 0 Å². The van der Waals surface area contributed by atoms with Crippen LogP contribution in [0.4, 0.5) is 0 Å². The molecular weight excluding hydrogens is 370 g/mol. The molecule has 2 rings (SSSR count). The zero-order valence-electron chi connectivity index (χ0n) is 16.8. The largest absolute Gasteiger partial charge is 0.484 e.